The third-order valence-corrected chi connectivity index (χ3v) is 5.46. The number of ether oxygens (including phenoxy) is 3. The molecular formula is C31H31NO8. The maximum absolute atomic E-state index is 12.9. The Morgan fingerprint density at radius 1 is 0.700 bits per heavy atom. The Morgan fingerprint density at radius 2 is 1.23 bits per heavy atom. The highest BCUT2D eigenvalue weighted by atomic mass is 16.6. The molecule has 0 bridgehead atoms. The smallest absolute Gasteiger partial charge is 0.408 e. The van der Waals surface area contributed by atoms with Crippen molar-refractivity contribution in [2.45, 2.75) is 52.0 Å². The summed E-state index contributed by atoms with van der Waals surface area (Å²) in [6.07, 6.45) is -0.789. The Kier molecular flexibility index (Phi) is 10.3. The predicted octanol–water partition coefficient (Wildman–Crippen LogP) is 4.36. The van der Waals surface area contributed by atoms with Crippen molar-refractivity contribution in [2.24, 2.45) is 0 Å². The van der Waals surface area contributed by atoms with Crippen LogP contribution >= 0.6 is 0 Å². The second-order valence-corrected chi connectivity index (χ2v) is 9.91. The third kappa shape index (κ3) is 9.50. The van der Waals surface area contributed by atoms with Gasteiger partial charge >= 0.3 is 23.8 Å². The number of hydrogen-bond acceptors (Lipinski definition) is 8. The van der Waals surface area contributed by atoms with E-state index in [1.54, 1.807) is 45.0 Å². The van der Waals surface area contributed by atoms with Crippen LogP contribution in [0.25, 0.3) is 0 Å². The van der Waals surface area contributed by atoms with E-state index in [0.717, 1.165) is 11.1 Å². The molecule has 1 amide bonds. The number of hydrogen-bond donors (Lipinski definition) is 1. The van der Waals surface area contributed by atoms with Crippen LogP contribution in [-0.4, -0.2) is 41.2 Å². The first-order valence-electron chi connectivity index (χ1n) is 12.6. The Balaban J connectivity index is 1.68. The van der Waals surface area contributed by atoms with Crippen LogP contribution in [0.15, 0.2) is 84.9 Å². The number of Topliss-reactive ketones (excluding diaryl/α,β-unsaturated/α-hetero) is 2. The lowest BCUT2D eigenvalue weighted by Gasteiger charge is -2.18. The summed E-state index contributed by atoms with van der Waals surface area (Å²) >= 11 is 0. The SMILES string of the molecule is CC(C)(C)OC(=O)C(=O)C(=O)c1ccc(C[C@H](NC(=O)OCc2ccccc2)C(=O)OCc2ccccc2)cc1. The first kappa shape index (κ1) is 29.8. The molecule has 9 heteroatoms. The normalized spacial score (nSPS) is 11.6. The van der Waals surface area contributed by atoms with Gasteiger partial charge in [-0.25, -0.2) is 14.4 Å². The van der Waals surface area contributed by atoms with Gasteiger partial charge < -0.3 is 19.5 Å². The molecule has 40 heavy (non-hydrogen) atoms. The molecule has 0 unspecified atom stereocenters. The molecule has 0 radical (unpaired) electrons. The summed E-state index contributed by atoms with van der Waals surface area (Å²) in [6, 6.07) is 22.8. The summed E-state index contributed by atoms with van der Waals surface area (Å²) in [5, 5.41) is 2.55. The van der Waals surface area contributed by atoms with Gasteiger partial charge in [-0.05, 0) is 37.5 Å². The summed E-state index contributed by atoms with van der Waals surface area (Å²) < 4.78 is 15.7. The zero-order chi connectivity index (χ0) is 29.1. The molecule has 0 aliphatic rings. The van der Waals surface area contributed by atoms with Gasteiger partial charge in [0.05, 0.1) is 0 Å². The van der Waals surface area contributed by atoms with E-state index in [2.05, 4.69) is 5.32 Å². The van der Waals surface area contributed by atoms with Crippen molar-refractivity contribution in [3.05, 3.63) is 107 Å². The molecule has 0 aliphatic heterocycles. The number of alkyl carbamates (subject to hydrolysis) is 1. The minimum Gasteiger partial charge on any atom is -0.459 e. The molecule has 0 aliphatic carbocycles. The second-order valence-electron chi connectivity index (χ2n) is 9.91. The number of benzene rings is 3. The van der Waals surface area contributed by atoms with Gasteiger partial charge in [0, 0.05) is 12.0 Å². The lowest BCUT2D eigenvalue weighted by molar-refractivity contribution is -0.160. The molecule has 9 nitrogen and oxygen atoms in total. The number of esters is 2. The van der Waals surface area contributed by atoms with Gasteiger partial charge in [-0.2, -0.15) is 0 Å². The summed E-state index contributed by atoms with van der Waals surface area (Å²) in [4.78, 5) is 62.1. The lowest BCUT2D eigenvalue weighted by atomic mass is 10.0. The van der Waals surface area contributed by atoms with E-state index in [1.807, 2.05) is 36.4 Å². The maximum atomic E-state index is 12.9. The van der Waals surface area contributed by atoms with E-state index >= 15 is 0 Å². The van der Waals surface area contributed by atoms with Crippen molar-refractivity contribution < 1.29 is 38.2 Å². The zero-order valence-corrected chi connectivity index (χ0v) is 22.5. The van der Waals surface area contributed by atoms with Crippen LogP contribution in [0.5, 0.6) is 0 Å². The largest absolute Gasteiger partial charge is 0.459 e. The Morgan fingerprint density at radius 3 is 1.75 bits per heavy atom. The van der Waals surface area contributed by atoms with Crippen molar-refractivity contribution in [2.75, 3.05) is 0 Å². The number of carbonyl (C=O) groups is 5. The lowest BCUT2D eigenvalue weighted by Crippen LogP contribution is -2.43. The third-order valence-electron chi connectivity index (χ3n) is 5.46. The highest BCUT2D eigenvalue weighted by Crippen LogP contribution is 2.13. The van der Waals surface area contributed by atoms with Gasteiger partial charge in [0.2, 0.25) is 5.78 Å². The minimum absolute atomic E-state index is 0.0110. The fraction of sp³-hybridized carbons (Fsp3) is 0.258. The Bertz CT molecular complexity index is 1330. The van der Waals surface area contributed by atoms with E-state index in [4.69, 9.17) is 14.2 Å². The predicted molar refractivity (Wildman–Crippen MR) is 145 cm³/mol. The first-order chi connectivity index (χ1) is 19.0. The fourth-order valence-corrected chi connectivity index (χ4v) is 3.51. The number of rotatable bonds is 11. The molecule has 0 aromatic heterocycles. The Hall–Kier alpha value is -4.79. The molecule has 0 saturated carbocycles. The molecule has 0 heterocycles. The fourth-order valence-electron chi connectivity index (χ4n) is 3.51. The zero-order valence-electron chi connectivity index (χ0n) is 22.5. The molecule has 3 aromatic carbocycles. The maximum Gasteiger partial charge on any atom is 0.408 e. The molecule has 3 rings (SSSR count). The van der Waals surface area contributed by atoms with Crippen LogP contribution in [0.4, 0.5) is 4.79 Å². The van der Waals surface area contributed by atoms with Crippen molar-refractivity contribution in [3.63, 3.8) is 0 Å². The van der Waals surface area contributed by atoms with Gasteiger partial charge in [0.15, 0.2) is 0 Å². The van der Waals surface area contributed by atoms with E-state index in [0.29, 0.717) is 5.56 Å². The molecular weight excluding hydrogens is 514 g/mol. The average molecular weight is 546 g/mol. The molecule has 1 N–H and O–H groups in total. The van der Waals surface area contributed by atoms with Crippen LogP contribution < -0.4 is 5.32 Å². The van der Waals surface area contributed by atoms with Gasteiger partial charge in [0.1, 0.15) is 24.9 Å². The molecule has 0 spiro atoms. The molecule has 208 valence electrons. The molecule has 3 aromatic rings. The van der Waals surface area contributed by atoms with Crippen molar-refractivity contribution in [3.8, 4) is 0 Å². The van der Waals surface area contributed by atoms with Crippen LogP contribution in [0.1, 0.15) is 47.8 Å². The van der Waals surface area contributed by atoms with Crippen LogP contribution in [0, 0.1) is 0 Å². The standard InChI is InChI=1S/C31H31NO8/c1-31(2,3)40-29(36)27(34)26(33)24-16-14-21(15-17-24)18-25(28(35)38-19-22-10-6-4-7-11-22)32-30(37)39-20-23-12-8-5-9-13-23/h4-17,25H,18-20H2,1-3H3,(H,32,37)/t25-/m0/s1. The number of amides is 1. The summed E-state index contributed by atoms with van der Waals surface area (Å²) in [5.41, 5.74) is 1.18. The van der Waals surface area contributed by atoms with Gasteiger partial charge in [-0.15, -0.1) is 0 Å². The highest BCUT2D eigenvalue weighted by Gasteiger charge is 2.30. The van der Waals surface area contributed by atoms with Gasteiger partial charge in [-0.1, -0.05) is 84.9 Å². The topological polar surface area (TPSA) is 125 Å². The number of nitrogens with one attached hydrogen (secondary N) is 1. The van der Waals surface area contributed by atoms with Gasteiger partial charge in [-0.3, -0.25) is 9.59 Å². The Labute approximate surface area is 232 Å². The monoisotopic (exact) mass is 545 g/mol. The number of ketones is 2. The van der Waals surface area contributed by atoms with E-state index in [1.165, 1.54) is 24.3 Å². The van der Waals surface area contributed by atoms with Crippen LogP contribution in [0.2, 0.25) is 0 Å². The molecule has 0 fully saturated rings. The van der Waals surface area contributed by atoms with Crippen molar-refractivity contribution in [1.82, 2.24) is 5.32 Å². The molecule has 0 saturated heterocycles. The average Bonchev–Trinajstić information content (AvgIpc) is 2.94. The van der Waals surface area contributed by atoms with Crippen LogP contribution in [-0.2, 0) is 48.2 Å². The van der Waals surface area contributed by atoms with Gasteiger partial charge in [0.25, 0.3) is 0 Å². The second kappa shape index (κ2) is 13.8. The van der Waals surface area contributed by atoms with Crippen LogP contribution in [0.3, 0.4) is 0 Å². The van der Waals surface area contributed by atoms with E-state index < -0.39 is 41.2 Å². The van der Waals surface area contributed by atoms with E-state index in [-0.39, 0.29) is 25.2 Å². The van der Waals surface area contributed by atoms with E-state index in [9.17, 15) is 24.0 Å². The highest BCUT2D eigenvalue weighted by molar-refractivity contribution is 6.65. The van der Waals surface area contributed by atoms with Crippen molar-refractivity contribution >= 4 is 29.6 Å². The quantitative estimate of drug-likeness (QED) is 0.124. The summed E-state index contributed by atoms with van der Waals surface area (Å²) in [7, 11) is 0. The summed E-state index contributed by atoms with van der Waals surface area (Å²) in [6.45, 7) is 4.79. The number of carbonyl (C=O) groups excluding carboxylic acids is 5. The summed E-state index contributed by atoms with van der Waals surface area (Å²) in [5.74, 6) is -4.21. The minimum atomic E-state index is -1.28. The first-order valence-corrected chi connectivity index (χ1v) is 12.6. The molecule has 1 atom stereocenters. The van der Waals surface area contributed by atoms with Crippen molar-refractivity contribution in [1.29, 1.82) is 0 Å².